The first-order valence-corrected chi connectivity index (χ1v) is 7.62. The summed E-state index contributed by atoms with van der Waals surface area (Å²) in [5, 5.41) is 13.1. The van der Waals surface area contributed by atoms with Crippen molar-refractivity contribution in [3.05, 3.63) is 28.7 Å². The van der Waals surface area contributed by atoms with Crippen LogP contribution in [0.5, 0.6) is 0 Å². The van der Waals surface area contributed by atoms with Crippen molar-refractivity contribution in [2.24, 2.45) is 11.8 Å². The van der Waals surface area contributed by atoms with Gasteiger partial charge in [-0.15, -0.1) is 0 Å². The Morgan fingerprint density at radius 1 is 1.28 bits per heavy atom. The van der Waals surface area contributed by atoms with Crippen LogP contribution in [0.25, 0.3) is 0 Å². The maximum Gasteiger partial charge on any atom is 0.0635 e. The number of benzene rings is 1. The number of halogens is 1. The molecular formula is C15H22BrNO. The molecule has 3 heteroatoms. The van der Waals surface area contributed by atoms with Crippen LogP contribution in [-0.4, -0.2) is 17.8 Å². The molecule has 2 N–H and O–H groups in total. The van der Waals surface area contributed by atoms with Crippen LogP contribution < -0.4 is 5.32 Å². The molecule has 1 unspecified atom stereocenters. The molecule has 1 aliphatic rings. The Bertz CT molecular complexity index is 375. The highest BCUT2D eigenvalue weighted by Gasteiger charge is 2.25. The summed E-state index contributed by atoms with van der Waals surface area (Å²) in [6.07, 6.45) is 5.03. The third-order valence-electron chi connectivity index (χ3n) is 4.04. The summed E-state index contributed by atoms with van der Waals surface area (Å²) in [7, 11) is 0. The summed E-state index contributed by atoms with van der Waals surface area (Å²) >= 11 is 3.54. The van der Waals surface area contributed by atoms with Crippen molar-refractivity contribution in [2.45, 2.75) is 38.6 Å². The van der Waals surface area contributed by atoms with E-state index in [1.54, 1.807) is 0 Å². The molecule has 0 saturated heterocycles. The van der Waals surface area contributed by atoms with Crippen molar-refractivity contribution in [3.8, 4) is 0 Å². The van der Waals surface area contributed by atoms with E-state index in [9.17, 15) is 5.11 Å². The Morgan fingerprint density at radius 3 is 2.56 bits per heavy atom. The summed E-state index contributed by atoms with van der Waals surface area (Å²) < 4.78 is 1.06. The van der Waals surface area contributed by atoms with E-state index in [0.717, 1.165) is 16.1 Å². The van der Waals surface area contributed by atoms with E-state index >= 15 is 0 Å². The number of hydrogen-bond donors (Lipinski definition) is 2. The van der Waals surface area contributed by atoms with Gasteiger partial charge in [-0.05, 0) is 52.7 Å². The average Bonchev–Trinajstić information content (AvgIpc) is 2.39. The number of hydrogen-bond acceptors (Lipinski definition) is 2. The Morgan fingerprint density at radius 2 is 1.94 bits per heavy atom. The third-order valence-corrected chi connectivity index (χ3v) is 4.73. The van der Waals surface area contributed by atoms with E-state index in [1.165, 1.54) is 25.7 Å². The molecule has 1 aliphatic carbocycles. The Hall–Kier alpha value is -0.540. The molecule has 18 heavy (non-hydrogen) atoms. The second kappa shape index (κ2) is 6.58. The fourth-order valence-electron chi connectivity index (χ4n) is 2.78. The largest absolute Gasteiger partial charge is 0.394 e. The van der Waals surface area contributed by atoms with E-state index < -0.39 is 0 Å². The van der Waals surface area contributed by atoms with Gasteiger partial charge in [-0.2, -0.15) is 0 Å². The zero-order chi connectivity index (χ0) is 13.0. The highest BCUT2D eigenvalue weighted by atomic mass is 79.9. The molecular weight excluding hydrogens is 290 g/mol. The molecule has 0 aromatic heterocycles. The van der Waals surface area contributed by atoms with E-state index in [2.05, 4.69) is 34.2 Å². The summed E-state index contributed by atoms with van der Waals surface area (Å²) in [4.78, 5) is 0. The molecule has 0 heterocycles. The molecule has 1 aromatic carbocycles. The van der Waals surface area contributed by atoms with Gasteiger partial charge in [0.15, 0.2) is 0 Å². The minimum atomic E-state index is 0.177. The molecule has 1 aromatic rings. The lowest BCUT2D eigenvalue weighted by Crippen LogP contribution is -2.35. The molecule has 0 spiro atoms. The van der Waals surface area contributed by atoms with Crippen LogP contribution in [0.15, 0.2) is 28.7 Å². The maximum absolute atomic E-state index is 9.62. The molecule has 0 aliphatic heterocycles. The van der Waals surface area contributed by atoms with E-state index in [-0.39, 0.29) is 12.6 Å². The minimum absolute atomic E-state index is 0.177. The smallest absolute Gasteiger partial charge is 0.0635 e. The zero-order valence-electron chi connectivity index (χ0n) is 10.9. The van der Waals surface area contributed by atoms with Gasteiger partial charge in [0.1, 0.15) is 0 Å². The Balaban J connectivity index is 1.99. The van der Waals surface area contributed by atoms with Crippen molar-refractivity contribution in [3.63, 3.8) is 0 Å². The standard InChI is InChI=1S/C15H22BrNO/c1-11-6-8-12(9-7-11)15(10-18)17-14-5-3-2-4-13(14)16/h2-5,11-12,15,17-18H,6-10H2,1H3. The number of nitrogens with one attached hydrogen (secondary N) is 1. The van der Waals surface area contributed by atoms with Crippen LogP contribution in [0, 0.1) is 11.8 Å². The number of aliphatic hydroxyl groups is 1. The van der Waals surface area contributed by atoms with Gasteiger partial charge < -0.3 is 10.4 Å². The van der Waals surface area contributed by atoms with Crippen LogP contribution >= 0.6 is 15.9 Å². The maximum atomic E-state index is 9.62. The Kier molecular flexibility index (Phi) is 5.07. The fraction of sp³-hybridized carbons (Fsp3) is 0.600. The first-order chi connectivity index (χ1) is 8.70. The molecule has 2 nitrogen and oxygen atoms in total. The SMILES string of the molecule is CC1CCC(C(CO)Nc2ccccc2Br)CC1. The lowest BCUT2D eigenvalue weighted by atomic mass is 9.79. The van der Waals surface area contributed by atoms with Gasteiger partial charge in [0.25, 0.3) is 0 Å². The van der Waals surface area contributed by atoms with Crippen molar-refractivity contribution in [2.75, 3.05) is 11.9 Å². The predicted molar refractivity (Wildman–Crippen MR) is 79.8 cm³/mol. The second-order valence-corrected chi connectivity index (χ2v) is 6.29. The third kappa shape index (κ3) is 3.48. The lowest BCUT2D eigenvalue weighted by Gasteiger charge is -2.33. The summed E-state index contributed by atoms with van der Waals surface area (Å²) in [5.41, 5.74) is 1.08. The van der Waals surface area contributed by atoms with Gasteiger partial charge in [0.2, 0.25) is 0 Å². The van der Waals surface area contributed by atoms with Crippen LogP contribution in [0.3, 0.4) is 0 Å². The number of para-hydroxylation sites is 1. The zero-order valence-corrected chi connectivity index (χ0v) is 12.5. The number of aliphatic hydroxyl groups excluding tert-OH is 1. The van der Waals surface area contributed by atoms with Gasteiger partial charge in [-0.1, -0.05) is 31.9 Å². The number of anilines is 1. The lowest BCUT2D eigenvalue weighted by molar-refractivity contribution is 0.192. The molecule has 0 bridgehead atoms. The summed E-state index contributed by atoms with van der Waals surface area (Å²) in [5.74, 6) is 1.45. The van der Waals surface area contributed by atoms with Crippen LogP contribution in [0.4, 0.5) is 5.69 Å². The predicted octanol–water partition coefficient (Wildman–Crippen LogP) is 4.05. The average molecular weight is 312 g/mol. The molecule has 0 radical (unpaired) electrons. The number of rotatable bonds is 4. The van der Waals surface area contributed by atoms with Gasteiger partial charge in [0.05, 0.1) is 12.6 Å². The van der Waals surface area contributed by atoms with Gasteiger partial charge >= 0.3 is 0 Å². The quantitative estimate of drug-likeness (QED) is 0.879. The molecule has 2 rings (SSSR count). The Labute approximate surface area is 118 Å². The first-order valence-electron chi connectivity index (χ1n) is 6.82. The first kappa shape index (κ1) is 13.9. The van der Waals surface area contributed by atoms with Crippen molar-refractivity contribution in [1.82, 2.24) is 0 Å². The van der Waals surface area contributed by atoms with Crippen LogP contribution in [0.1, 0.15) is 32.6 Å². The highest BCUT2D eigenvalue weighted by molar-refractivity contribution is 9.10. The molecule has 0 amide bonds. The summed E-state index contributed by atoms with van der Waals surface area (Å²) in [6.45, 7) is 2.53. The van der Waals surface area contributed by atoms with Gasteiger partial charge in [-0.25, -0.2) is 0 Å². The molecule has 1 saturated carbocycles. The van der Waals surface area contributed by atoms with Gasteiger partial charge in [-0.3, -0.25) is 0 Å². The van der Waals surface area contributed by atoms with Crippen molar-refractivity contribution < 1.29 is 5.11 Å². The van der Waals surface area contributed by atoms with Crippen molar-refractivity contribution in [1.29, 1.82) is 0 Å². The van der Waals surface area contributed by atoms with Crippen molar-refractivity contribution >= 4 is 21.6 Å². The molecule has 100 valence electrons. The molecule has 1 fully saturated rings. The van der Waals surface area contributed by atoms with Crippen LogP contribution in [0.2, 0.25) is 0 Å². The normalized spacial score (nSPS) is 25.7. The topological polar surface area (TPSA) is 32.3 Å². The van der Waals surface area contributed by atoms with E-state index in [1.807, 2.05) is 18.2 Å². The summed E-state index contributed by atoms with van der Waals surface area (Å²) in [6, 6.07) is 8.28. The van der Waals surface area contributed by atoms with E-state index in [4.69, 9.17) is 0 Å². The van der Waals surface area contributed by atoms with Crippen LogP contribution in [-0.2, 0) is 0 Å². The molecule has 1 atom stereocenters. The van der Waals surface area contributed by atoms with E-state index in [0.29, 0.717) is 5.92 Å². The van der Waals surface area contributed by atoms with Gasteiger partial charge in [0, 0.05) is 10.2 Å². The highest BCUT2D eigenvalue weighted by Crippen LogP contribution is 2.32. The monoisotopic (exact) mass is 311 g/mol. The minimum Gasteiger partial charge on any atom is -0.394 e. The second-order valence-electron chi connectivity index (χ2n) is 5.43. The fourth-order valence-corrected chi connectivity index (χ4v) is 3.18.